The fourth-order valence-corrected chi connectivity index (χ4v) is 0.795. The van der Waals surface area contributed by atoms with Crippen LogP contribution in [0.5, 0.6) is 0 Å². The molecule has 0 N–H and O–H groups in total. The Labute approximate surface area is 83.8 Å². The van der Waals surface area contributed by atoms with E-state index in [0.29, 0.717) is 6.42 Å². The van der Waals surface area contributed by atoms with Crippen LogP contribution in [0.1, 0.15) is 20.3 Å². The lowest BCUT2D eigenvalue weighted by molar-refractivity contribution is -0.135. The third kappa shape index (κ3) is 4.40. The number of allylic oxidation sites excluding steroid dienone is 3. The number of hydrogen-bond acceptors (Lipinski definition) is 3. The lowest BCUT2D eigenvalue weighted by Gasteiger charge is -2.00. The van der Waals surface area contributed by atoms with Crippen LogP contribution in [0.4, 0.5) is 0 Å². The molecule has 3 nitrogen and oxygen atoms in total. The summed E-state index contributed by atoms with van der Waals surface area (Å²) >= 11 is 0. The van der Waals surface area contributed by atoms with E-state index in [1.165, 1.54) is 25.3 Å². The van der Waals surface area contributed by atoms with E-state index in [2.05, 4.69) is 11.3 Å². The topological polar surface area (TPSA) is 43.4 Å². The molecular formula is C11H14O3. The van der Waals surface area contributed by atoms with Crippen LogP contribution >= 0.6 is 0 Å². The number of ketones is 1. The van der Waals surface area contributed by atoms with E-state index in [-0.39, 0.29) is 11.4 Å². The van der Waals surface area contributed by atoms with E-state index in [1.807, 2.05) is 6.92 Å². The third-order valence-electron chi connectivity index (χ3n) is 1.40. The van der Waals surface area contributed by atoms with Gasteiger partial charge in [0.1, 0.15) is 0 Å². The molecule has 0 rings (SSSR count). The van der Waals surface area contributed by atoms with Crippen LogP contribution in [-0.4, -0.2) is 11.8 Å². The fourth-order valence-electron chi connectivity index (χ4n) is 0.795. The van der Waals surface area contributed by atoms with Crippen LogP contribution in [0.15, 0.2) is 36.6 Å². The van der Waals surface area contributed by atoms with Crippen molar-refractivity contribution >= 4 is 11.8 Å². The summed E-state index contributed by atoms with van der Waals surface area (Å²) in [5.74, 6) is -0.915. The molecule has 0 fully saturated rings. The van der Waals surface area contributed by atoms with Crippen molar-refractivity contribution in [2.24, 2.45) is 0 Å². The van der Waals surface area contributed by atoms with Crippen molar-refractivity contribution in [1.82, 2.24) is 0 Å². The number of carbonyl (C=O) groups is 2. The van der Waals surface area contributed by atoms with E-state index in [9.17, 15) is 9.59 Å². The van der Waals surface area contributed by atoms with Gasteiger partial charge in [-0.1, -0.05) is 25.7 Å². The first-order valence-corrected chi connectivity index (χ1v) is 4.33. The summed E-state index contributed by atoms with van der Waals surface area (Å²) in [6.45, 7) is 6.59. The summed E-state index contributed by atoms with van der Waals surface area (Å²) in [7, 11) is 0. The molecule has 0 atom stereocenters. The molecule has 0 amide bonds. The van der Waals surface area contributed by atoms with E-state index in [4.69, 9.17) is 0 Å². The number of Topliss-reactive ketones (excluding diaryl/α,β-unsaturated/α-hetero) is 1. The molecule has 0 aromatic heterocycles. The lowest BCUT2D eigenvalue weighted by Crippen LogP contribution is -2.11. The Bertz CT molecular complexity index is 285. The largest absolute Gasteiger partial charge is 0.431 e. The zero-order chi connectivity index (χ0) is 11.0. The molecule has 0 aromatic carbocycles. The summed E-state index contributed by atoms with van der Waals surface area (Å²) in [4.78, 5) is 22.2. The molecule has 76 valence electrons. The average Bonchev–Trinajstić information content (AvgIpc) is 2.13. The Morgan fingerprint density at radius 1 is 1.43 bits per heavy atom. The average molecular weight is 194 g/mol. The standard InChI is InChI=1S/C11H14O3/c1-4-6-8-14-11(13)10(7-5-2)9(3)12/h4,6-8H,1,5H2,2-3H3. The van der Waals surface area contributed by atoms with Crippen molar-refractivity contribution in [2.75, 3.05) is 0 Å². The molecule has 0 spiro atoms. The Kier molecular flexibility index (Phi) is 6.03. The zero-order valence-corrected chi connectivity index (χ0v) is 8.45. The first-order chi connectivity index (χ1) is 6.63. The number of carbonyl (C=O) groups excluding carboxylic acids is 2. The van der Waals surface area contributed by atoms with Gasteiger partial charge in [0.15, 0.2) is 5.78 Å². The maximum atomic E-state index is 11.3. The van der Waals surface area contributed by atoms with Crippen LogP contribution in [0, 0.1) is 0 Å². The van der Waals surface area contributed by atoms with Crippen LogP contribution in [0.3, 0.4) is 0 Å². The van der Waals surface area contributed by atoms with Crippen LogP contribution < -0.4 is 0 Å². The quantitative estimate of drug-likeness (QED) is 0.168. The minimum atomic E-state index is -0.627. The Morgan fingerprint density at radius 2 is 2.07 bits per heavy atom. The maximum Gasteiger partial charge on any atom is 0.346 e. The van der Waals surface area contributed by atoms with Gasteiger partial charge >= 0.3 is 5.97 Å². The molecule has 0 unspecified atom stereocenters. The molecule has 0 aliphatic carbocycles. The summed E-state index contributed by atoms with van der Waals surface area (Å²) in [6, 6.07) is 0. The second-order valence-corrected chi connectivity index (χ2v) is 2.55. The smallest absolute Gasteiger partial charge is 0.346 e. The van der Waals surface area contributed by atoms with E-state index in [1.54, 1.807) is 6.08 Å². The molecule has 0 aliphatic rings. The monoisotopic (exact) mass is 194 g/mol. The van der Waals surface area contributed by atoms with Gasteiger partial charge in [0, 0.05) is 0 Å². The van der Waals surface area contributed by atoms with Gasteiger partial charge in [-0.15, -0.1) is 0 Å². The molecule has 3 heteroatoms. The molecule has 0 aliphatic heterocycles. The van der Waals surface area contributed by atoms with Crippen molar-refractivity contribution in [3.05, 3.63) is 36.6 Å². The maximum absolute atomic E-state index is 11.3. The molecule has 0 aromatic rings. The highest BCUT2D eigenvalue weighted by Crippen LogP contribution is 2.02. The number of esters is 1. The highest BCUT2D eigenvalue weighted by molar-refractivity contribution is 6.16. The first-order valence-electron chi connectivity index (χ1n) is 4.33. The van der Waals surface area contributed by atoms with Gasteiger partial charge in [0.2, 0.25) is 0 Å². The van der Waals surface area contributed by atoms with Crippen molar-refractivity contribution < 1.29 is 14.3 Å². The minimum absolute atomic E-state index is 0.0845. The third-order valence-corrected chi connectivity index (χ3v) is 1.40. The van der Waals surface area contributed by atoms with Gasteiger partial charge in [-0.25, -0.2) is 4.79 Å². The van der Waals surface area contributed by atoms with Crippen molar-refractivity contribution in [3.8, 4) is 0 Å². The molecule has 0 heterocycles. The number of rotatable bonds is 5. The molecular weight excluding hydrogens is 180 g/mol. The summed E-state index contributed by atoms with van der Waals surface area (Å²) in [5.41, 5.74) is 0.0845. The Balaban J connectivity index is 4.46. The summed E-state index contributed by atoms with van der Waals surface area (Å²) in [5, 5.41) is 0. The summed E-state index contributed by atoms with van der Waals surface area (Å²) < 4.78 is 4.68. The predicted octanol–water partition coefficient (Wildman–Crippen LogP) is 2.15. The predicted molar refractivity (Wildman–Crippen MR) is 54.5 cm³/mol. The molecule has 0 bridgehead atoms. The van der Waals surface area contributed by atoms with Crippen molar-refractivity contribution in [3.63, 3.8) is 0 Å². The van der Waals surface area contributed by atoms with Crippen LogP contribution in [-0.2, 0) is 14.3 Å². The van der Waals surface area contributed by atoms with Gasteiger partial charge in [-0.2, -0.15) is 0 Å². The first kappa shape index (κ1) is 12.4. The van der Waals surface area contributed by atoms with Gasteiger partial charge in [-0.3, -0.25) is 4.79 Å². The van der Waals surface area contributed by atoms with Gasteiger partial charge < -0.3 is 4.74 Å². The molecule has 0 saturated heterocycles. The molecule has 0 saturated carbocycles. The summed E-state index contributed by atoms with van der Waals surface area (Å²) in [6.07, 6.45) is 6.31. The number of ether oxygens (including phenoxy) is 1. The molecule has 0 radical (unpaired) electrons. The van der Waals surface area contributed by atoms with Crippen LogP contribution in [0.25, 0.3) is 0 Å². The molecule has 14 heavy (non-hydrogen) atoms. The highest BCUT2D eigenvalue weighted by atomic mass is 16.5. The zero-order valence-electron chi connectivity index (χ0n) is 8.45. The van der Waals surface area contributed by atoms with Gasteiger partial charge in [0.05, 0.1) is 11.8 Å². The van der Waals surface area contributed by atoms with Gasteiger partial charge in [-0.05, 0) is 19.4 Å². The lowest BCUT2D eigenvalue weighted by atomic mass is 10.1. The van der Waals surface area contributed by atoms with Crippen molar-refractivity contribution in [1.29, 1.82) is 0 Å². The SMILES string of the molecule is C=CC=COC(=O)C(=CCC)C(C)=O. The van der Waals surface area contributed by atoms with E-state index >= 15 is 0 Å². The van der Waals surface area contributed by atoms with Crippen LogP contribution in [0.2, 0.25) is 0 Å². The minimum Gasteiger partial charge on any atom is -0.431 e. The highest BCUT2D eigenvalue weighted by Gasteiger charge is 2.13. The number of hydrogen-bond donors (Lipinski definition) is 0. The van der Waals surface area contributed by atoms with Gasteiger partial charge in [0.25, 0.3) is 0 Å². The Morgan fingerprint density at radius 3 is 2.50 bits per heavy atom. The normalized spacial score (nSPS) is 11.4. The van der Waals surface area contributed by atoms with E-state index < -0.39 is 5.97 Å². The Hall–Kier alpha value is -1.64. The fraction of sp³-hybridized carbons (Fsp3) is 0.273. The second-order valence-electron chi connectivity index (χ2n) is 2.55. The van der Waals surface area contributed by atoms with Crippen molar-refractivity contribution in [2.45, 2.75) is 20.3 Å². The van der Waals surface area contributed by atoms with E-state index in [0.717, 1.165) is 0 Å². The second kappa shape index (κ2) is 6.83.